The molecule has 7 nitrogen and oxygen atoms in total. The average molecular weight is 466 g/mol. The van der Waals surface area contributed by atoms with E-state index in [4.69, 9.17) is 9.47 Å². The summed E-state index contributed by atoms with van der Waals surface area (Å²) in [5, 5.41) is 11.9. The van der Waals surface area contributed by atoms with Gasteiger partial charge in [0.05, 0.1) is 31.2 Å². The van der Waals surface area contributed by atoms with Crippen molar-refractivity contribution in [2.75, 3.05) is 25.1 Å². The molecule has 0 saturated carbocycles. The summed E-state index contributed by atoms with van der Waals surface area (Å²) in [6.45, 7) is 4.61. The lowest BCUT2D eigenvalue weighted by molar-refractivity contribution is -0.139. The molecule has 0 aliphatic carbocycles. The minimum Gasteiger partial charge on any atom is -0.490 e. The van der Waals surface area contributed by atoms with E-state index in [0.717, 1.165) is 17.7 Å². The van der Waals surface area contributed by atoms with Gasteiger partial charge in [-0.25, -0.2) is 4.79 Å². The molecule has 1 aliphatic heterocycles. The summed E-state index contributed by atoms with van der Waals surface area (Å²) in [5.41, 5.74) is 0.513. The number of anilines is 1. The molecule has 1 atom stereocenters. The van der Waals surface area contributed by atoms with Gasteiger partial charge in [-0.05, 0) is 61.7 Å². The molecule has 3 rings (SSSR count). The van der Waals surface area contributed by atoms with Crippen molar-refractivity contribution >= 4 is 17.7 Å². The number of aliphatic carboxylic acids is 1. The molecular formula is C23H25F3N2O5. The normalized spacial score (nSPS) is 15.5. The lowest BCUT2D eigenvalue weighted by Crippen LogP contribution is -2.43. The summed E-state index contributed by atoms with van der Waals surface area (Å²) < 4.78 is 50.3. The number of rotatable bonds is 7. The number of urea groups is 1. The third-order valence-corrected chi connectivity index (χ3v) is 5.23. The zero-order valence-corrected chi connectivity index (χ0v) is 18.2. The van der Waals surface area contributed by atoms with Crippen LogP contribution in [0.5, 0.6) is 11.5 Å². The molecule has 2 N–H and O–H groups in total. The fourth-order valence-corrected chi connectivity index (χ4v) is 3.84. The average Bonchev–Trinajstić information content (AvgIpc) is 2.74. The van der Waals surface area contributed by atoms with Gasteiger partial charge in [0.1, 0.15) is 0 Å². The number of halogens is 3. The number of hydrogen-bond acceptors (Lipinski definition) is 4. The lowest BCUT2D eigenvalue weighted by atomic mass is 9.90. The Bertz CT molecular complexity index is 1030. The maximum atomic E-state index is 13.0. The highest BCUT2D eigenvalue weighted by atomic mass is 19.4. The first-order valence-electron chi connectivity index (χ1n) is 10.5. The van der Waals surface area contributed by atoms with Crippen molar-refractivity contribution in [3.8, 4) is 11.5 Å². The third-order valence-electron chi connectivity index (χ3n) is 5.23. The lowest BCUT2D eigenvalue weighted by Gasteiger charge is -2.37. The number of carboxylic acid groups (broad SMARTS) is 1. The number of fused-ring (bicyclic) bond motifs is 1. The number of hydrogen-bond donors (Lipinski definition) is 2. The van der Waals surface area contributed by atoms with Gasteiger partial charge in [0.25, 0.3) is 0 Å². The van der Waals surface area contributed by atoms with Crippen LogP contribution in [-0.4, -0.2) is 41.8 Å². The van der Waals surface area contributed by atoms with Gasteiger partial charge in [-0.2, -0.15) is 13.2 Å². The standard InChI is InChI=1S/C23H25F3N2O5/c1-3-32-19-10-14-8-9-28(18(13-21(29)30)17(14)12-20(19)33-4-2)22(31)27-16-7-5-6-15(11-16)23(24,25)26/h5-7,10-12,18H,3-4,8-9,13H2,1-2H3,(H,27,31)(H,29,30)/t18-/m1/s1. The van der Waals surface area contributed by atoms with Gasteiger partial charge < -0.3 is 24.8 Å². The zero-order valence-electron chi connectivity index (χ0n) is 18.2. The van der Waals surface area contributed by atoms with Crippen molar-refractivity contribution in [1.29, 1.82) is 0 Å². The van der Waals surface area contributed by atoms with Gasteiger partial charge in [0, 0.05) is 12.2 Å². The summed E-state index contributed by atoms with van der Waals surface area (Å²) >= 11 is 0. The monoisotopic (exact) mass is 466 g/mol. The van der Waals surface area contributed by atoms with E-state index in [1.54, 1.807) is 19.1 Å². The second-order valence-corrected chi connectivity index (χ2v) is 7.43. The van der Waals surface area contributed by atoms with Crippen LogP contribution in [0.4, 0.5) is 23.7 Å². The Labute approximate surface area is 189 Å². The summed E-state index contributed by atoms with van der Waals surface area (Å²) in [4.78, 5) is 25.9. The van der Waals surface area contributed by atoms with Crippen molar-refractivity contribution < 1.29 is 37.3 Å². The van der Waals surface area contributed by atoms with Crippen molar-refractivity contribution in [3.63, 3.8) is 0 Å². The van der Waals surface area contributed by atoms with Gasteiger partial charge in [0.2, 0.25) is 0 Å². The molecule has 0 fully saturated rings. The van der Waals surface area contributed by atoms with Crippen molar-refractivity contribution in [2.24, 2.45) is 0 Å². The fraction of sp³-hybridized carbons (Fsp3) is 0.391. The van der Waals surface area contributed by atoms with Crippen molar-refractivity contribution in [3.05, 3.63) is 53.1 Å². The quantitative estimate of drug-likeness (QED) is 0.592. The van der Waals surface area contributed by atoms with Gasteiger partial charge in [-0.1, -0.05) is 6.07 Å². The van der Waals surface area contributed by atoms with Crippen LogP contribution >= 0.6 is 0 Å². The van der Waals surface area contributed by atoms with Crippen LogP contribution in [0.2, 0.25) is 0 Å². The SMILES string of the molecule is CCOc1cc2c(cc1OCC)[C@@H](CC(=O)O)N(C(=O)Nc1cccc(C(F)(F)F)c1)CC2. The maximum Gasteiger partial charge on any atom is 0.416 e. The number of alkyl halides is 3. The van der Waals surface area contributed by atoms with Crippen LogP contribution in [0.15, 0.2) is 36.4 Å². The summed E-state index contributed by atoms with van der Waals surface area (Å²) in [5.74, 6) is -0.140. The summed E-state index contributed by atoms with van der Waals surface area (Å²) in [6.07, 6.45) is -4.50. The molecule has 0 radical (unpaired) electrons. The highest BCUT2D eigenvalue weighted by Gasteiger charge is 2.35. The molecule has 1 heterocycles. The Balaban J connectivity index is 1.93. The van der Waals surface area contributed by atoms with E-state index >= 15 is 0 Å². The number of benzene rings is 2. The van der Waals surface area contributed by atoms with E-state index in [0.29, 0.717) is 36.7 Å². The molecule has 2 aromatic carbocycles. The zero-order chi connectivity index (χ0) is 24.2. The topological polar surface area (TPSA) is 88.1 Å². The van der Waals surface area contributed by atoms with E-state index < -0.39 is 29.8 Å². The molecule has 178 valence electrons. The predicted octanol–water partition coefficient (Wildman–Crippen LogP) is 5.11. The van der Waals surface area contributed by atoms with Crippen LogP contribution in [-0.2, 0) is 17.4 Å². The van der Waals surface area contributed by atoms with E-state index in [-0.39, 0.29) is 18.7 Å². The molecule has 0 saturated heterocycles. The fourth-order valence-electron chi connectivity index (χ4n) is 3.84. The van der Waals surface area contributed by atoms with Gasteiger partial charge in [0.15, 0.2) is 11.5 Å². The predicted molar refractivity (Wildman–Crippen MR) is 115 cm³/mol. The van der Waals surface area contributed by atoms with Gasteiger partial charge >= 0.3 is 18.2 Å². The van der Waals surface area contributed by atoms with E-state index in [1.807, 2.05) is 6.92 Å². The third kappa shape index (κ3) is 5.68. The summed E-state index contributed by atoms with van der Waals surface area (Å²) in [7, 11) is 0. The number of ether oxygens (including phenoxy) is 2. The first-order chi connectivity index (χ1) is 15.6. The van der Waals surface area contributed by atoms with E-state index in [9.17, 15) is 27.9 Å². The highest BCUT2D eigenvalue weighted by molar-refractivity contribution is 5.90. The molecule has 2 amide bonds. The number of carbonyl (C=O) groups is 2. The minimum absolute atomic E-state index is 0.0311. The molecule has 0 unspecified atom stereocenters. The Morgan fingerprint density at radius 3 is 2.39 bits per heavy atom. The molecule has 0 spiro atoms. The van der Waals surface area contributed by atoms with Gasteiger partial charge in [-0.3, -0.25) is 4.79 Å². The first-order valence-corrected chi connectivity index (χ1v) is 10.5. The van der Waals surface area contributed by atoms with E-state index in [2.05, 4.69) is 5.32 Å². The van der Waals surface area contributed by atoms with Crippen LogP contribution in [0, 0.1) is 0 Å². The molecular weight excluding hydrogens is 441 g/mol. The number of nitrogens with one attached hydrogen (secondary N) is 1. The first kappa shape index (κ1) is 24.2. The second-order valence-electron chi connectivity index (χ2n) is 7.43. The molecule has 2 aromatic rings. The maximum absolute atomic E-state index is 13.0. The van der Waals surface area contributed by atoms with Gasteiger partial charge in [-0.15, -0.1) is 0 Å². The van der Waals surface area contributed by atoms with Crippen LogP contribution in [0.3, 0.4) is 0 Å². The molecule has 33 heavy (non-hydrogen) atoms. The Morgan fingerprint density at radius 2 is 1.79 bits per heavy atom. The Kier molecular flexibility index (Phi) is 7.35. The smallest absolute Gasteiger partial charge is 0.416 e. The van der Waals surface area contributed by atoms with E-state index in [1.165, 1.54) is 17.0 Å². The molecule has 0 aromatic heterocycles. The van der Waals surface area contributed by atoms with Crippen LogP contribution in [0.25, 0.3) is 0 Å². The number of carbonyl (C=O) groups excluding carboxylic acids is 1. The van der Waals surface area contributed by atoms with Crippen molar-refractivity contribution in [2.45, 2.75) is 38.9 Å². The number of nitrogens with zero attached hydrogens (tertiary/aromatic N) is 1. The van der Waals surface area contributed by atoms with Crippen molar-refractivity contribution in [1.82, 2.24) is 4.90 Å². The number of carboxylic acids is 1. The number of amides is 2. The summed E-state index contributed by atoms with van der Waals surface area (Å²) in [6, 6.07) is 6.25. The second kappa shape index (κ2) is 10.0. The Hall–Kier alpha value is -3.43. The molecule has 10 heteroatoms. The Morgan fingerprint density at radius 1 is 1.12 bits per heavy atom. The van der Waals surface area contributed by atoms with Crippen LogP contribution in [0.1, 0.15) is 43.0 Å². The molecule has 1 aliphatic rings. The largest absolute Gasteiger partial charge is 0.490 e. The minimum atomic E-state index is -4.55. The molecule has 0 bridgehead atoms. The highest BCUT2D eigenvalue weighted by Crippen LogP contribution is 2.40. The van der Waals surface area contributed by atoms with Crippen LogP contribution < -0.4 is 14.8 Å².